The lowest BCUT2D eigenvalue weighted by atomic mass is 10.0. The highest BCUT2D eigenvalue weighted by atomic mass is 32.2. The van der Waals surface area contributed by atoms with Gasteiger partial charge in [-0.1, -0.05) is 35.9 Å². The lowest BCUT2D eigenvalue weighted by Crippen LogP contribution is -2.42. The van der Waals surface area contributed by atoms with Crippen LogP contribution in [0.15, 0.2) is 88.9 Å². The Kier molecular flexibility index (Phi) is 7.27. The summed E-state index contributed by atoms with van der Waals surface area (Å²) in [5, 5.41) is 9.57. The van der Waals surface area contributed by atoms with Crippen LogP contribution < -0.4 is 10.2 Å². The quantitative estimate of drug-likeness (QED) is 0.254. The minimum absolute atomic E-state index is 0.139. The van der Waals surface area contributed by atoms with Crippen LogP contribution in [0.25, 0.3) is 16.3 Å². The molecule has 4 heterocycles. The Hall–Kier alpha value is -4.15. The second-order valence-electron chi connectivity index (χ2n) is 9.39. The van der Waals surface area contributed by atoms with Gasteiger partial charge in [-0.25, -0.2) is 9.07 Å². The monoisotopic (exact) mass is 572 g/mol. The smallest absolute Gasteiger partial charge is 0.240 e. The van der Waals surface area contributed by atoms with Gasteiger partial charge in [-0.3, -0.25) is 14.5 Å². The normalized spacial score (nSPS) is 15.1. The number of halogens is 1. The van der Waals surface area contributed by atoms with Crippen molar-refractivity contribution in [3.63, 3.8) is 0 Å². The molecule has 0 fully saturated rings. The minimum Gasteiger partial charge on any atom is -0.467 e. The molecule has 202 valence electrons. The molecule has 1 atom stereocenters. The van der Waals surface area contributed by atoms with Gasteiger partial charge in [0.25, 0.3) is 0 Å². The van der Waals surface area contributed by atoms with Gasteiger partial charge in [-0.05, 0) is 60.3 Å². The van der Waals surface area contributed by atoms with Crippen molar-refractivity contribution < 1.29 is 18.4 Å². The van der Waals surface area contributed by atoms with E-state index in [9.17, 15) is 14.0 Å². The van der Waals surface area contributed by atoms with Crippen LogP contribution in [-0.2, 0) is 16.1 Å². The number of aromatic nitrogens is 2. The van der Waals surface area contributed by atoms with Gasteiger partial charge in [0.2, 0.25) is 11.8 Å². The fourth-order valence-corrected chi connectivity index (χ4v) is 6.60. The second-order valence-corrected chi connectivity index (χ2v) is 11.4. The van der Waals surface area contributed by atoms with E-state index in [-0.39, 0.29) is 41.7 Å². The number of amides is 2. The van der Waals surface area contributed by atoms with Gasteiger partial charge in [0.15, 0.2) is 0 Å². The molecule has 0 bridgehead atoms. The van der Waals surface area contributed by atoms with Crippen LogP contribution in [0.2, 0.25) is 0 Å². The number of nitrogens with zero attached hydrogens (tertiary/aromatic N) is 3. The standard InChI is InChI=1S/C30H25FN4O3S2/c1-19-6-12-22(13-7-19)35-30-27(28(33-35)24-5-3-15-39-24)29(20-8-10-21(31)11-9-20)40-18-26(37)34(30)17-25(36)32-16-23-4-2-14-38-23/h2-15,29H,16-18H2,1H3,(H,32,36)/t29-/m0/s1. The van der Waals surface area contributed by atoms with Crippen LogP contribution in [0.1, 0.15) is 27.7 Å². The molecule has 0 unspecified atom stereocenters. The van der Waals surface area contributed by atoms with Gasteiger partial charge in [0.1, 0.15) is 29.6 Å². The minimum atomic E-state index is -0.331. The molecule has 0 saturated carbocycles. The second kappa shape index (κ2) is 11.1. The molecule has 7 nitrogen and oxygen atoms in total. The van der Waals surface area contributed by atoms with Crippen molar-refractivity contribution >= 4 is 40.7 Å². The van der Waals surface area contributed by atoms with Crippen LogP contribution in [0, 0.1) is 12.7 Å². The fraction of sp³-hybridized carbons (Fsp3) is 0.167. The van der Waals surface area contributed by atoms with Gasteiger partial charge in [-0.2, -0.15) is 5.10 Å². The van der Waals surface area contributed by atoms with Crippen molar-refractivity contribution in [1.82, 2.24) is 15.1 Å². The summed E-state index contributed by atoms with van der Waals surface area (Å²) < 4.78 is 21.0. The Morgan fingerprint density at radius 2 is 1.90 bits per heavy atom. The molecule has 1 aliphatic heterocycles. The van der Waals surface area contributed by atoms with Gasteiger partial charge >= 0.3 is 0 Å². The van der Waals surface area contributed by atoms with Crippen LogP contribution in [0.4, 0.5) is 10.2 Å². The predicted molar refractivity (Wildman–Crippen MR) is 155 cm³/mol. The largest absolute Gasteiger partial charge is 0.467 e. The number of rotatable bonds is 7. The van der Waals surface area contributed by atoms with Crippen molar-refractivity contribution in [3.05, 3.63) is 113 Å². The van der Waals surface area contributed by atoms with Crippen LogP contribution in [-0.4, -0.2) is 33.9 Å². The third-order valence-corrected chi connectivity index (χ3v) is 8.77. The maximum absolute atomic E-state index is 13.9. The number of aryl methyl sites for hydroxylation is 1. The Morgan fingerprint density at radius 3 is 2.60 bits per heavy atom. The zero-order valence-electron chi connectivity index (χ0n) is 21.5. The topological polar surface area (TPSA) is 80.4 Å². The molecule has 0 aliphatic carbocycles. The average Bonchev–Trinajstić information content (AvgIpc) is 3.72. The fourth-order valence-electron chi connectivity index (χ4n) is 4.68. The zero-order chi connectivity index (χ0) is 27.6. The molecule has 3 aromatic heterocycles. The number of thiophene rings is 1. The molecule has 5 aromatic rings. The number of carbonyl (C=O) groups excluding carboxylic acids is 2. The van der Waals surface area contributed by atoms with E-state index in [1.807, 2.05) is 48.7 Å². The highest BCUT2D eigenvalue weighted by Gasteiger charge is 2.38. The van der Waals surface area contributed by atoms with Crippen molar-refractivity contribution in [3.8, 4) is 16.3 Å². The van der Waals surface area contributed by atoms with Gasteiger partial charge in [0.05, 0.1) is 34.4 Å². The Morgan fingerprint density at radius 1 is 1.10 bits per heavy atom. The molecular formula is C30H25FN4O3S2. The van der Waals surface area contributed by atoms with Gasteiger partial charge < -0.3 is 9.73 Å². The Balaban J connectivity index is 1.51. The first-order valence-corrected chi connectivity index (χ1v) is 14.6. The van der Waals surface area contributed by atoms with Gasteiger partial charge in [-0.15, -0.1) is 23.1 Å². The van der Waals surface area contributed by atoms with Gasteiger partial charge in [0, 0.05) is 5.56 Å². The van der Waals surface area contributed by atoms with Crippen molar-refractivity contribution in [2.75, 3.05) is 17.2 Å². The van der Waals surface area contributed by atoms with Crippen molar-refractivity contribution in [2.24, 2.45) is 0 Å². The number of hydrogen-bond donors (Lipinski definition) is 1. The number of nitrogens with one attached hydrogen (secondary N) is 1. The molecule has 1 aliphatic rings. The summed E-state index contributed by atoms with van der Waals surface area (Å²) in [6.07, 6.45) is 1.55. The number of hydrogen-bond acceptors (Lipinski definition) is 6. The summed E-state index contributed by atoms with van der Waals surface area (Å²) >= 11 is 3.00. The van der Waals surface area contributed by atoms with E-state index in [2.05, 4.69) is 5.32 Å². The molecular weight excluding hydrogens is 547 g/mol. The molecule has 0 saturated heterocycles. The van der Waals surface area contributed by atoms with E-state index in [0.29, 0.717) is 11.6 Å². The summed E-state index contributed by atoms with van der Waals surface area (Å²) in [6, 6.07) is 21.7. The van der Waals surface area contributed by atoms with Crippen molar-refractivity contribution in [2.45, 2.75) is 18.7 Å². The van der Waals surface area contributed by atoms with Crippen LogP contribution in [0.5, 0.6) is 0 Å². The molecule has 6 rings (SSSR count). The van der Waals surface area contributed by atoms with Crippen molar-refractivity contribution in [1.29, 1.82) is 0 Å². The molecule has 0 radical (unpaired) electrons. The Bertz CT molecular complexity index is 1630. The number of carbonyl (C=O) groups is 2. The number of anilines is 1. The zero-order valence-corrected chi connectivity index (χ0v) is 23.2. The highest BCUT2D eigenvalue weighted by Crippen LogP contribution is 2.49. The maximum atomic E-state index is 13.9. The van der Waals surface area contributed by atoms with Crippen LogP contribution in [0.3, 0.4) is 0 Å². The van der Waals surface area contributed by atoms with E-state index in [4.69, 9.17) is 9.52 Å². The first-order chi connectivity index (χ1) is 19.5. The predicted octanol–water partition coefficient (Wildman–Crippen LogP) is 6.13. The molecule has 0 spiro atoms. The summed E-state index contributed by atoms with van der Waals surface area (Å²) in [5.74, 6) is 0.421. The first-order valence-electron chi connectivity index (χ1n) is 12.7. The Labute approximate surface area is 238 Å². The van der Waals surface area contributed by atoms with E-state index in [1.54, 1.807) is 46.5 Å². The summed E-state index contributed by atoms with van der Waals surface area (Å²) in [7, 11) is 0. The molecule has 1 N–H and O–H groups in total. The summed E-state index contributed by atoms with van der Waals surface area (Å²) in [6.45, 7) is 2.03. The van der Waals surface area contributed by atoms with E-state index in [0.717, 1.165) is 32.9 Å². The maximum Gasteiger partial charge on any atom is 0.240 e. The number of fused-ring (bicyclic) bond motifs is 1. The van der Waals surface area contributed by atoms with E-state index in [1.165, 1.54) is 28.8 Å². The number of furan rings is 1. The summed E-state index contributed by atoms with van der Waals surface area (Å²) in [5.41, 5.74) is 4.24. The summed E-state index contributed by atoms with van der Waals surface area (Å²) in [4.78, 5) is 29.3. The number of benzene rings is 2. The lowest BCUT2D eigenvalue weighted by molar-refractivity contribution is -0.123. The third kappa shape index (κ3) is 5.20. The first kappa shape index (κ1) is 26.1. The molecule has 40 heavy (non-hydrogen) atoms. The SMILES string of the molecule is Cc1ccc(-n2nc(-c3cccs3)c3c2N(CC(=O)NCc2ccco2)C(=O)CS[C@H]3c2ccc(F)cc2)cc1. The average molecular weight is 573 g/mol. The number of thioether (sulfide) groups is 1. The lowest BCUT2D eigenvalue weighted by Gasteiger charge is -2.23. The highest BCUT2D eigenvalue weighted by molar-refractivity contribution is 8.00. The van der Waals surface area contributed by atoms with E-state index >= 15 is 0 Å². The molecule has 2 aromatic carbocycles. The third-order valence-electron chi connectivity index (χ3n) is 6.64. The molecule has 10 heteroatoms. The molecule has 2 amide bonds. The van der Waals surface area contributed by atoms with E-state index < -0.39 is 0 Å². The van der Waals surface area contributed by atoms with Crippen LogP contribution >= 0.6 is 23.1 Å².